The molecule has 0 atom stereocenters. The number of ether oxygens (including phenoxy) is 3. The molecule has 0 amide bonds. The Bertz CT molecular complexity index is 1830. The van der Waals surface area contributed by atoms with Crippen LogP contribution in [0.4, 0.5) is 11.5 Å². The van der Waals surface area contributed by atoms with Gasteiger partial charge in [-0.05, 0) is 42.7 Å². The zero-order valence-corrected chi connectivity index (χ0v) is 29.4. The molecule has 1 saturated heterocycles. The first-order valence-electron chi connectivity index (χ1n) is 16.7. The number of fused-ring (bicyclic) bond motifs is 1. The number of hydrogen-bond donors (Lipinski definition) is 5. The van der Waals surface area contributed by atoms with Gasteiger partial charge in [-0.25, -0.2) is 14.8 Å². The largest absolute Gasteiger partial charge is 0.493 e. The molecule has 16 nitrogen and oxygen atoms in total. The van der Waals surface area contributed by atoms with E-state index in [4.69, 9.17) is 39.5 Å². The van der Waals surface area contributed by atoms with Gasteiger partial charge >= 0.3 is 17.9 Å². The number of rotatable bonds is 17. The van der Waals surface area contributed by atoms with Gasteiger partial charge in [-0.3, -0.25) is 14.5 Å². The molecule has 3 aromatic carbocycles. The molecule has 0 aliphatic carbocycles. The van der Waals surface area contributed by atoms with Gasteiger partial charge < -0.3 is 44.8 Å². The number of oxime groups is 1. The van der Waals surface area contributed by atoms with Crippen molar-refractivity contribution < 1.29 is 53.9 Å². The van der Waals surface area contributed by atoms with E-state index in [1.165, 1.54) is 0 Å². The average Bonchev–Trinajstić information content (AvgIpc) is 3.14. The van der Waals surface area contributed by atoms with Crippen LogP contribution in [0.15, 0.2) is 78.2 Å². The molecule has 4 aromatic rings. The maximum Gasteiger partial charge on any atom is 0.336 e. The second kappa shape index (κ2) is 19.7. The number of carbonyl (C=O) groups is 3. The molecule has 0 unspecified atom stereocenters. The van der Waals surface area contributed by atoms with Gasteiger partial charge in [-0.1, -0.05) is 47.6 Å². The standard InChI is InChI=1S/C31H35N5O4.C6H8O7/c1-23(35-40-21-24-7-4-3-5-8-24)25-9-11-26(12-10-25)34-31-27-19-30(29(37-2)20-28(27)32-22-33-31)39-16-6-13-36-14-17-38-18-15-36;7-3(8)1-6(13,5(11)12)2-4(9)10/h3-5,7-12,19-20,22H,6,13-18,21H2,1-2H3,(H,32,33,34);13H,1-2H2,(H,7,8)(H,9,10)(H,11,12)/b35-23-;. The first-order valence-corrected chi connectivity index (χ1v) is 16.7. The van der Waals surface area contributed by atoms with Gasteiger partial charge in [-0.15, -0.1) is 0 Å². The lowest BCUT2D eigenvalue weighted by Gasteiger charge is -2.26. The van der Waals surface area contributed by atoms with Gasteiger partial charge in [0, 0.05) is 36.8 Å². The minimum absolute atomic E-state index is 0.433. The monoisotopic (exact) mass is 733 g/mol. The summed E-state index contributed by atoms with van der Waals surface area (Å²) in [6.07, 6.45) is 0.176. The van der Waals surface area contributed by atoms with Gasteiger partial charge in [-0.2, -0.15) is 0 Å². The molecule has 0 radical (unpaired) electrons. The zero-order valence-electron chi connectivity index (χ0n) is 29.4. The molecule has 5 N–H and O–H groups in total. The minimum Gasteiger partial charge on any atom is -0.493 e. The van der Waals surface area contributed by atoms with Crippen molar-refractivity contribution in [1.82, 2.24) is 14.9 Å². The highest BCUT2D eigenvalue weighted by molar-refractivity contribution is 5.99. The molecular formula is C37H43N5O11. The molecule has 5 rings (SSSR count). The fourth-order valence-corrected chi connectivity index (χ4v) is 5.21. The highest BCUT2D eigenvalue weighted by atomic mass is 16.6. The lowest BCUT2D eigenvalue weighted by molar-refractivity contribution is -0.170. The van der Waals surface area contributed by atoms with Crippen LogP contribution in [-0.2, 0) is 30.6 Å². The molecule has 1 fully saturated rings. The third-order valence-electron chi connectivity index (χ3n) is 8.03. The third-order valence-corrected chi connectivity index (χ3v) is 8.03. The molecule has 0 bridgehead atoms. The predicted molar refractivity (Wildman–Crippen MR) is 194 cm³/mol. The number of carboxylic acids is 3. The van der Waals surface area contributed by atoms with Crippen molar-refractivity contribution in [3.8, 4) is 11.5 Å². The van der Waals surface area contributed by atoms with Gasteiger partial charge in [0.1, 0.15) is 18.8 Å². The van der Waals surface area contributed by atoms with E-state index < -0.39 is 36.4 Å². The number of carboxylic acid groups (broad SMARTS) is 3. The third kappa shape index (κ3) is 12.4. The molecule has 1 aliphatic heterocycles. The first kappa shape index (κ1) is 39.9. The maximum atomic E-state index is 10.3. The number of morpholine rings is 1. The van der Waals surface area contributed by atoms with E-state index >= 15 is 0 Å². The summed E-state index contributed by atoms with van der Waals surface area (Å²) >= 11 is 0. The molecule has 0 saturated carbocycles. The van der Waals surface area contributed by atoms with Crippen molar-refractivity contribution >= 4 is 46.0 Å². The van der Waals surface area contributed by atoms with Gasteiger partial charge in [0.2, 0.25) is 0 Å². The Hall–Kier alpha value is -5.84. The SMILES string of the molecule is COc1cc2ncnc(Nc3ccc(/C(C)=N\OCc4ccccc4)cc3)c2cc1OCCCN1CCOCC1.O=C(O)CC(O)(CC(=O)O)C(=O)O. The number of aliphatic hydroxyl groups is 1. The number of aliphatic carboxylic acids is 3. The summed E-state index contributed by atoms with van der Waals surface area (Å²) in [6.45, 7) is 7.48. The summed E-state index contributed by atoms with van der Waals surface area (Å²) in [4.78, 5) is 47.4. The van der Waals surface area contributed by atoms with E-state index in [2.05, 4.69) is 25.3 Å². The summed E-state index contributed by atoms with van der Waals surface area (Å²) in [5.74, 6) is -3.01. The van der Waals surface area contributed by atoms with Crippen molar-refractivity contribution in [3.05, 3.63) is 84.2 Å². The Balaban J connectivity index is 0.000000413. The van der Waals surface area contributed by atoms with Crippen LogP contribution in [0.5, 0.6) is 11.5 Å². The highest BCUT2D eigenvalue weighted by Crippen LogP contribution is 2.35. The van der Waals surface area contributed by atoms with Crippen LogP contribution in [0, 0.1) is 0 Å². The van der Waals surface area contributed by atoms with Crippen LogP contribution in [0.3, 0.4) is 0 Å². The smallest absolute Gasteiger partial charge is 0.336 e. The Morgan fingerprint density at radius 3 is 2.25 bits per heavy atom. The number of hydrogen-bond acceptors (Lipinski definition) is 13. The van der Waals surface area contributed by atoms with E-state index in [1.807, 2.05) is 73.7 Å². The Kier molecular flexibility index (Phi) is 14.8. The van der Waals surface area contributed by atoms with E-state index in [0.717, 1.165) is 72.7 Å². The number of benzene rings is 3. The molecule has 53 heavy (non-hydrogen) atoms. The highest BCUT2D eigenvalue weighted by Gasteiger charge is 2.40. The summed E-state index contributed by atoms with van der Waals surface area (Å²) in [5, 5.41) is 42.3. The normalized spacial score (nSPS) is 13.4. The fourth-order valence-electron chi connectivity index (χ4n) is 5.21. The number of nitrogens with one attached hydrogen (secondary N) is 1. The quantitative estimate of drug-likeness (QED) is 0.0584. The number of methoxy groups -OCH3 is 1. The Morgan fingerprint density at radius 1 is 0.943 bits per heavy atom. The molecule has 1 aromatic heterocycles. The first-order chi connectivity index (χ1) is 25.5. The van der Waals surface area contributed by atoms with E-state index in [0.29, 0.717) is 30.5 Å². The van der Waals surface area contributed by atoms with Crippen LogP contribution in [0.2, 0.25) is 0 Å². The van der Waals surface area contributed by atoms with Crippen molar-refractivity contribution in [2.24, 2.45) is 5.16 Å². The molecule has 282 valence electrons. The van der Waals surface area contributed by atoms with Gasteiger partial charge in [0.15, 0.2) is 17.1 Å². The molecule has 16 heteroatoms. The molecule has 0 spiro atoms. The van der Waals surface area contributed by atoms with Crippen LogP contribution < -0.4 is 14.8 Å². The van der Waals surface area contributed by atoms with Crippen LogP contribution in [-0.4, -0.2) is 111 Å². The zero-order chi connectivity index (χ0) is 38.2. The predicted octanol–water partition coefficient (Wildman–Crippen LogP) is 4.18. The van der Waals surface area contributed by atoms with Crippen molar-refractivity contribution in [3.63, 3.8) is 0 Å². The number of nitrogens with zero attached hydrogens (tertiary/aromatic N) is 4. The molecule has 2 heterocycles. The van der Waals surface area contributed by atoms with E-state index in [9.17, 15) is 14.4 Å². The lowest BCUT2D eigenvalue weighted by atomic mass is 9.96. The van der Waals surface area contributed by atoms with Crippen LogP contribution >= 0.6 is 0 Å². The number of aromatic nitrogens is 2. The van der Waals surface area contributed by atoms with Gasteiger partial charge in [0.25, 0.3) is 0 Å². The fraction of sp³-hybridized carbons (Fsp3) is 0.351. The Morgan fingerprint density at radius 2 is 1.62 bits per heavy atom. The van der Waals surface area contributed by atoms with Crippen molar-refractivity contribution in [1.29, 1.82) is 0 Å². The van der Waals surface area contributed by atoms with Gasteiger partial charge in [0.05, 0.1) is 51.0 Å². The summed E-state index contributed by atoms with van der Waals surface area (Å²) in [6, 6.07) is 21.8. The lowest BCUT2D eigenvalue weighted by Crippen LogP contribution is -2.42. The second-order valence-electron chi connectivity index (χ2n) is 12.0. The maximum absolute atomic E-state index is 10.3. The second-order valence-corrected chi connectivity index (χ2v) is 12.0. The molecular weight excluding hydrogens is 690 g/mol. The van der Waals surface area contributed by atoms with E-state index in [1.54, 1.807) is 13.4 Å². The van der Waals surface area contributed by atoms with E-state index in [-0.39, 0.29) is 0 Å². The Labute approximate surface area is 305 Å². The number of anilines is 2. The summed E-state index contributed by atoms with van der Waals surface area (Å²) in [7, 11) is 1.64. The van der Waals surface area contributed by atoms with Crippen molar-refractivity contribution in [2.75, 3.05) is 51.9 Å². The molecule has 1 aliphatic rings. The average molecular weight is 734 g/mol. The topological polar surface area (TPSA) is 222 Å². The summed E-state index contributed by atoms with van der Waals surface area (Å²) in [5.41, 5.74) is 1.78. The van der Waals surface area contributed by atoms with Crippen LogP contribution in [0.25, 0.3) is 10.9 Å². The minimum atomic E-state index is -2.74. The summed E-state index contributed by atoms with van der Waals surface area (Å²) < 4.78 is 17.2. The van der Waals surface area contributed by atoms with Crippen molar-refractivity contribution in [2.45, 2.75) is 38.4 Å². The van der Waals surface area contributed by atoms with Crippen LogP contribution in [0.1, 0.15) is 37.3 Å².